The van der Waals surface area contributed by atoms with Crippen LogP contribution in [0.1, 0.15) is 34.1 Å². The predicted octanol–water partition coefficient (Wildman–Crippen LogP) is -0.177. The highest BCUT2D eigenvalue weighted by Gasteiger charge is 2.23. The molecular weight excluding hydrogens is 212 g/mol. The van der Waals surface area contributed by atoms with E-state index in [4.69, 9.17) is 0 Å². The van der Waals surface area contributed by atoms with Gasteiger partial charge in [-0.2, -0.15) is 0 Å². The van der Waals surface area contributed by atoms with E-state index in [1.165, 1.54) is 13.8 Å². The van der Waals surface area contributed by atoms with Gasteiger partial charge in [-0.15, -0.1) is 0 Å². The van der Waals surface area contributed by atoms with Gasteiger partial charge in [0.25, 0.3) is 0 Å². The molecule has 0 saturated carbocycles. The van der Waals surface area contributed by atoms with Crippen LogP contribution in [0.4, 0.5) is 0 Å². The fourth-order valence-electron chi connectivity index (χ4n) is 1.29. The third kappa shape index (κ3) is 4.68. The Bertz CT molecular complexity index is 323. The molecule has 0 heterocycles. The first-order chi connectivity index (χ1) is 7.25. The Morgan fingerprint density at radius 3 is 1.94 bits per heavy atom. The van der Waals surface area contributed by atoms with Crippen LogP contribution in [0.5, 0.6) is 0 Å². The van der Waals surface area contributed by atoms with Crippen LogP contribution in [0.2, 0.25) is 0 Å². The van der Waals surface area contributed by atoms with Crippen molar-refractivity contribution in [2.45, 2.75) is 40.2 Å². The molecule has 6 heteroatoms. The zero-order chi connectivity index (χ0) is 12.9. The monoisotopic (exact) mass is 228 g/mol. The van der Waals surface area contributed by atoms with Crippen molar-refractivity contribution < 1.29 is 19.2 Å². The van der Waals surface area contributed by atoms with E-state index in [9.17, 15) is 19.2 Å². The minimum atomic E-state index is -0.704. The van der Waals surface area contributed by atoms with Crippen molar-refractivity contribution in [3.8, 4) is 0 Å². The molecule has 0 unspecified atom stereocenters. The van der Waals surface area contributed by atoms with Crippen molar-refractivity contribution in [3.05, 3.63) is 0 Å². The number of hydrogen-bond donors (Lipinski definition) is 1. The van der Waals surface area contributed by atoms with E-state index in [1.807, 2.05) is 5.32 Å². The molecule has 0 spiro atoms. The lowest BCUT2D eigenvalue weighted by molar-refractivity contribution is -0.146. The second-order valence-corrected chi connectivity index (χ2v) is 3.66. The fraction of sp³-hybridized carbons (Fsp3) is 0.600. The molecule has 16 heavy (non-hydrogen) atoms. The number of carbonyl (C=O) groups is 4. The minimum Gasteiger partial charge on any atom is -0.296 e. The second-order valence-electron chi connectivity index (χ2n) is 3.66. The number of nitrogens with zero attached hydrogens (tertiary/aromatic N) is 1. The number of carbonyl (C=O) groups excluding carboxylic acids is 4. The summed E-state index contributed by atoms with van der Waals surface area (Å²) in [6.07, 6.45) is -0.503. The summed E-state index contributed by atoms with van der Waals surface area (Å²) in [6.45, 7) is 5.76. The van der Waals surface area contributed by atoms with E-state index in [1.54, 1.807) is 13.8 Å². The first kappa shape index (κ1) is 14.3. The maximum atomic E-state index is 11.6. The predicted molar refractivity (Wildman–Crippen MR) is 56.1 cm³/mol. The number of nitrogens with one attached hydrogen (secondary N) is 1. The zero-order valence-corrected chi connectivity index (χ0v) is 9.86. The Morgan fingerprint density at radius 2 is 1.62 bits per heavy atom. The summed E-state index contributed by atoms with van der Waals surface area (Å²) in [5.74, 6) is -2.27. The molecule has 0 saturated heterocycles. The second kappa shape index (κ2) is 5.99. The van der Waals surface area contributed by atoms with E-state index < -0.39 is 30.0 Å². The van der Waals surface area contributed by atoms with Crippen LogP contribution < -0.4 is 5.32 Å². The van der Waals surface area contributed by atoms with Gasteiger partial charge in [0.1, 0.15) is 6.42 Å². The molecule has 6 nitrogen and oxygen atoms in total. The van der Waals surface area contributed by atoms with E-state index in [0.717, 1.165) is 4.90 Å². The van der Waals surface area contributed by atoms with Gasteiger partial charge in [0, 0.05) is 19.9 Å². The average Bonchev–Trinajstić information content (AvgIpc) is 1.98. The topological polar surface area (TPSA) is 83.6 Å². The SMILES string of the molecule is CC(=O)NC(=O)CC(=O)N(C(C)=O)C(C)C. The Hall–Kier alpha value is -1.72. The average molecular weight is 228 g/mol. The molecular formula is C10H16N2O4. The van der Waals surface area contributed by atoms with Crippen LogP contribution in [-0.4, -0.2) is 34.6 Å². The Morgan fingerprint density at radius 1 is 1.12 bits per heavy atom. The summed E-state index contributed by atoms with van der Waals surface area (Å²) < 4.78 is 0. The fourth-order valence-corrected chi connectivity index (χ4v) is 1.29. The number of imide groups is 2. The number of amides is 4. The van der Waals surface area contributed by atoms with Gasteiger partial charge in [-0.1, -0.05) is 0 Å². The zero-order valence-electron chi connectivity index (χ0n) is 9.86. The molecule has 0 aliphatic rings. The molecule has 4 amide bonds. The summed E-state index contributed by atoms with van der Waals surface area (Å²) in [6, 6.07) is -0.310. The molecule has 90 valence electrons. The number of rotatable bonds is 3. The van der Waals surface area contributed by atoms with Gasteiger partial charge in [-0.3, -0.25) is 29.4 Å². The highest BCUT2D eigenvalue weighted by atomic mass is 16.2. The largest absolute Gasteiger partial charge is 0.296 e. The molecule has 0 aliphatic carbocycles. The van der Waals surface area contributed by atoms with Gasteiger partial charge in [0.05, 0.1) is 0 Å². The smallest absolute Gasteiger partial charge is 0.238 e. The molecule has 0 aromatic heterocycles. The lowest BCUT2D eigenvalue weighted by Gasteiger charge is -2.22. The van der Waals surface area contributed by atoms with Crippen LogP contribution in [0.3, 0.4) is 0 Å². The molecule has 0 aromatic rings. The van der Waals surface area contributed by atoms with E-state index >= 15 is 0 Å². The van der Waals surface area contributed by atoms with Crippen molar-refractivity contribution in [1.29, 1.82) is 0 Å². The highest BCUT2D eigenvalue weighted by molar-refractivity contribution is 6.07. The standard InChI is InChI=1S/C10H16N2O4/c1-6(2)12(8(4)14)10(16)5-9(15)11-7(3)13/h6H,5H2,1-4H3,(H,11,13,15). The van der Waals surface area contributed by atoms with Crippen molar-refractivity contribution in [1.82, 2.24) is 10.2 Å². The molecule has 0 atom stereocenters. The van der Waals surface area contributed by atoms with Gasteiger partial charge >= 0.3 is 0 Å². The highest BCUT2D eigenvalue weighted by Crippen LogP contribution is 2.02. The van der Waals surface area contributed by atoms with Gasteiger partial charge in [-0.05, 0) is 13.8 Å². The van der Waals surface area contributed by atoms with Gasteiger partial charge in [-0.25, -0.2) is 0 Å². The Kier molecular flexibility index (Phi) is 5.35. The molecule has 1 N–H and O–H groups in total. The molecule has 0 rings (SSSR count). The van der Waals surface area contributed by atoms with Gasteiger partial charge in [0.2, 0.25) is 23.6 Å². The summed E-state index contributed by atoms with van der Waals surface area (Å²) in [5, 5.41) is 1.97. The van der Waals surface area contributed by atoms with E-state index in [0.29, 0.717) is 0 Å². The lowest BCUT2D eigenvalue weighted by atomic mass is 10.2. The van der Waals surface area contributed by atoms with E-state index in [2.05, 4.69) is 0 Å². The third-order valence-corrected chi connectivity index (χ3v) is 1.75. The summed E-state index contributed by atoms with van der Waals surface area (Å²) in [4.78, 5) is 45.3. The van der Waals surface area contributed by atoms with Crippen LogP contribution in [0.15, 0.2) is 0 Å². The maximum Gasteiger partial charge on any atom is 0.238 e. The summed E-state index contributed by atoms with van der Waals surface area (Å²) >= 11 is 0. The normalized spacial score (nSPS) is 9.81. The van der Waals surface area contributed by atoms with Crippen LogP contribution in [0, 0.1) is 0 Å². The van der Waals surface area contributed by atoms with Crippen LogP contribution in [-0.2, 0) is 19.2 Å². The first-order valence-electron chi connectivity index (χ1n) is 4.88. The molecule has 0 bridgehead atoms. The van der Waals surface area contributed by atoms with Crippen LogP contribution >= 0.6 is 0 Å². The van der Waals surface area contributed by atoms with Gasteiger partial charge < -0.3 is 0 Å². The molecule has 0 radical (unpaired) electrons. The maximum absolute atomic E-state index is 11.6. The quantitative estimate of drug-likeness (QED) is 0.679. The molecule has 0 aromatic carbocycles. The van der Waals surface area contributed by atoms with Crippen molar-refractivity contribution in [2.75, 3.05) is 0 Å². The Balaban J connectivity index is 4.49. The Labute approximate surface area is 94.0 Å². The lowest BCUT2D eigenvalue weighted by Crippen LogP contribution is -2.43. The first-order valence-corrected chi connectivity index (χ1v) is 4.88. The molecule has 0 aliphatic heterocycles. The van der Waals surface area contributed by atoms with Gasteiger partial charge in [0.15, 0.2) is 0 Å². The number of hydrogen-bond acceptors (Lipinski definition) is 4. The van der Waals surface area contributed by atoms with Crippen molar-refractivity contribution in [3.63, 3.8) is 0 Å². The molecule has 0 fully saturated rings. The third-order valence-electron chi connectivity index (χ3n) is 1.75. The van der Waals surface area contributed by atoms with Crippen LogP contribution in [0.25, 0.3) is 0 Å². The summed E-state index contributed by atoms with van der Waals surface area (Å²) in [5.41, 5.74) is 0. The van der Waals surface area contributed by atoms with Crippen molar-refractivity contribution >= 4 is 23.6 Å². The summed E-state index contributed by atoms with van der Waals surface area (Å²) in [7, 11) is 0. The van der Waals surface area contributed by atoms with E-state index in [-0.39, 0.29) is 6.04 Å². The minimum absolute atomic E-state index is 0.310. The van der Waals surface area contributed by atoms with Crippen molar-refractivity contribution in [2.24, 2.45) is 0 Å².